The van der Waals surface area contributed by atoms with Crippen LogP contribution in [-0.2, 0) is 6.42 Å². The lowest BCUT2D eigenvalue weighted by Gasteiger charge is -2.32. The molecule has 0 saturated carbocycles. The van der Waals surface area contributed by atoms with Crippen molar-refractivity contribution in [3.8, 4) is 0 Å². The van der Waals surface area contributed by atoms with Crippen molar-refractivity contribution in [2.45, 2.75) is 32.7 Å². The highest BCUT2D eigenvalue weighted by Gasteiger charge is 2.13. The lowest BCUT2D eigenvalue weighted by molar-refractivity contribution is 0.153. The van der Waals surface area contributed by atoms with Gasteiger partial charge in [-0.15, -0.1) is 0 Å². The molecule has 0 bridgehead atoms. The Bertz CT molecular complexity index is 411. The summed E-state index contributed by atoms with van der Waals surface area (Å²) in [5.74, 6) is 0. The molecule has 1 N–H and O–H groups in total. The van der Waals surface area contributed by atoms with E-state index in [1.807, 2.05) is 0 Å². The summed E-state index contributed by atoms with van der Waals surface area (Å²) in [4.78, 5) is 4.98. The van der Waals surface area contributed by atoms with Crippen molar-refractivity contribution in [1.29, 1.82) is 0 Å². The van der Waals surface area contributed by atoms with Crippen LogP contribution in [0.25, 0.3) is 0 Å². The van der Waals surface area contributed by atoms with Crippen molar-refractivity contribution >= 4 is 0 Å². The third-order valence-corrected chi connectivity index (χ3v) is 4.47. The molecule has 1 aromatic rings. The van der Waals surface area contributed by atoms with Gasteiger partial charge in [-0.2, -0.15) is 0 Å². The topological polar surface area (TPSA) is 18.5 Å². The molecule has 0 spiro atoms. The molecule has 0 aromatic heterocycles. The second-order valence-electron chi connectivity index (χ2n) is 6.53. The molecule has 3 nitrogen and oxygen atoms in total. The summed E-state index contributed by atoms with van der Waals surface area (Å²) in [7, 11) is 2.21. The third kappa shape index (κ3) is 6.16. The molecule has 0 radical (unpaired) electrons. The van der Waals surface area contributed by atoms with E-state index in [-0.39, 0.29) is 0 Å². The number of nitrogens with one attached hydrogen (secondary N) is 1. The number of piperazine rings is 1. The van der Waals surface area contributed by atoms with Gasteiger partial charge in [0.25, 0.3) is 0 Å². The van der Waals surface area contributed by atoms with Gasteiger partial charge in [0.05, 0.1) is 0 Å². The fraction of sp³-hybridized carbons (Fsp3) is 0.667. The lowest BCUT2D eigenvalue weighted by Crippen LogP contribution is -2.47. The van der Waals surface area contributed by atoms with Gasteiger partial charge >= 0.3 is 0 Å². The number of likely N-dealkylation sites (N-methyl/N-ethyl adjacent to an activating group) is 1. The Morgan fingerprint density at radius 2 is 1.95 bits per heavy atom. The van der Waals surface area contributed by atoms with E-state index in [9.17, 15) is 0 Å². The van der Waals surface area contributed by atoms with Crippen molar-refractivity contribution < 1.29 is 0 Å². The zero-order chi connectivity index (χ0) is 15.1. The highest BCUT2D eigenvalue weighted by atomic mass is 15.2. The molecule has 1 heterocycles. The van der Waals surface area contributed by atoms with Crippen LogP contribution >= 0.6 is 0 Å². The molecule has 1 saturated heterocycles. The van der Waals surface area contributed by atoms with Crippen LogP contribution in [0.5, 0.6) is 0 Å². The van der Waals surface area contributed by atoms with E-state index in [1.165, 1.54) is 56.7 Å². The van der Waals surface area contributed by atoms with Crippen LogP contribution in [0, 0.1) is 6.92 Å². The predicted molar refractivity (Wildman–Crippen MR) is 90.9 cm³/mol. The van der Waals surface area contributed by atoms with Crippen molar-refractivity contribution in [3.05, 3.63) is 35.4 Å². The van der Waals surface area contributed by atoms with Crippen LogP contribution in [0.4, 0.5) is 0 Å². The maximum atomic E-state index is 3.67. The van der Waals surface area contributed by atoms with Crippen molar-refractivity contribution in [2.75, 3.05) is 46.3 Å². The molecule has 0 aliphatic carbocycles. The number of hydrogen-bond donors (Lipinski definition) is 1. The Morgan fingerprint density at radius 1 is 1.19 bits per heavy atom. The molecule has 1 aliphatic rings. The van der Waals surface area contributed by atoms with E-state index >= 15 is 0 Å². The number of rotatable bonds is 7. The van der Waals surface area contributed by atoms with Crippen molar-refractivity contribution in [1.82, 2.24) is 15.1 Å². The largest absolute Gasteiger partial charge is 0.313 e. The van der Waals surface area contributed by atoms with Gasteiger partial charge in [0, 0.05) is 45.3 Å². The molecular formula is C18H31N3. The third-order valence-electron chi connectivity index (χ3n) is 4.47. The molecule has 3 heteroatoms. The van der Waals surface area contributed by atoms with Crippen LogP contribution in [0.1, 0.15) is 24.5 Å². The Kier molecular flexibility index (Phi) is 6.68. The van der Waals surface area contributed by atoms with Gasteiger partial charge in [-0.05, 0) is 39.3 Å². The Labute approximate surface area is 130 Å². The Hall–Kier alpha value is -0.900. The minimum absolute atomic E-state index is 0.595. The first-order valence-electron chi connectivity index (χ1n) is 8.33. The van der Waals surface area contributed by atoms with Crippen LogP contribution < -0.4 is 5.32 Å². The summed E-state index contributed by atoms with van der Waals surface area (Å²) in [5.41, 5.74) is 2.82. The van der Waals surface area contributed by atoms with E-state index in [4.69, 9.17) is 0 Å². The van der Waals surface area contributed by atoms with Crippen LogP contribution in [-0.4, -0.2) is 62.2 Å². The first-order chi connectivity index (χ1) is 10.1. The van der Waals surface area contributed by atoms with Gasteiger partial charge in [-0.25, -0.2) is 0 Å². The highest BCUT2D eigenvalue weighted by Crippen LogP contribution is 2.08. The molecule has 0 amide bonds. The molecule has 1 atom stereocenters. The maximum Gasteiger partial charge on any atom is 0.0110 e. The summed E-state index contributed by atoms with van der Waals surface area (Å²) in [6.45, 7) is 11.6. The molecule has 21 heavy (non-hydrogen) atoms. The molecule has 118 valence electrons. The quantitative estimate of drug-likeness (QED) is 0.830. The van der Waals surface area contributed by atoms with E-state index in [0.29, 0.717) is 6.04 Å². The fourth-order valence-electron chi connectivity index (χ4n) is 2.89. The van der Waals surface area contributed by atoms with Crippen LogP contribution in [0.15, 0.2) is 24.3 Å². The lowest BCUT2D eigenvalue weighted by atomic mass is 10.0. The van der Waals surface area contributed by atoms with E-state index in [1.54, 1.807) is 0 Å². The fourth-order valence-corrected chi connectivity index (χ4v) is 2.89. The van der Waals surface area contributed by atoms with Gasteiger partial charge in [-0.1, -0.05) is 29.8 Å². The zero-order valence-corrected chi connectivity index (χ0v) is 13.9. The summed E-state index contributed by atoms with van der Waals surface area (Å²) in [5, 5.41) is 3.67. The molecule has 2 rings (SSSR count). The van der Waals surface area contributed by atoms with Crippen molar-refractivity contribution in [3.63, 3.8) is 0 Å². The Morgan fingerprint density at radius 3 is 2.67 bits per heavy atom. The van der Waals surface area contributed by atoms with Crippen molar-refractivity contribution in [2.24, 2.45) is 0 Å². The normalized spacial score (nSPS) is 18.8. The summed E-state index contributed by atoms with van der Waals surface area (Å²) in [6.07, 6.45) is 2.39. The average molecular weight is 289 g/mol. The van der Waals surface area contributed by atoms with Gasteiger partial charge in [0.2, 0.25) is 0 Å². The molecule has 1 aliphatic heterocycles. The first-order valence-corrected chi connectivity index (χ1v) is 8.33. The molecular weight excluding hydrogens is 258 g/mol. The number of benzene rings is 1. The second-order valence-corrected chi connectivity index (χ2v) is 6.53. The first kappa shape index (κ1) is 16.5. The summed E-state index contributed by atoms with van der Waals surface area (Å²) >= 11 is 0. The number of aryl methyl sites for hydroxylation is 2. The average Bonchev–Trinajstić information content (AvgIpc) is 2.47. The zero-order valence-electron chi connectivity index (χ0n) is 13.9. The molecule has 1 fully saturated rings. The minimum Gasteiger partial charge on any atom is -0.313 e. The number of hydrogen-bond acceptors (Lipinski definition) is 3. The molecule has 1 unspecified atom stereocenters. The minimum atomic E-state index is 0.595. The van der Waals surface area contributed by atoms with Gasteiger partial charge in [0.15, 0.2) is 0 Å². The van der Waals surface area contributed by atoms with Crippen LogP contribution in [0.2, 0.25) is 0 Å². The summed E-state index contributed by atoms with van der Waals surface area (Å²) in [6, 6.07) is 9.47. The smallest absolute Gasteiger partial charge is 0.0110 e. The number of nitrogens with zero attached hydrogens (tertiary/aromatic N) is 2. The SMILES string of the molecule is Cc1cccc(CCC(C)NCCN2CCN(C)CC2)c1. The second kappa shape index (κ2) is 8.52. The van der Waals surface area contributed by atoms with Crippen LogP contribution in [0.3, 0.4) is 0 Å². The highest BCUT2D eigenvalue weighted by molar-refractivity contribution is 5.22. The van der Waals surface area contributed by atoms with E-state index < -0.39 is 0 Å². The van der Waals surface area contributed by atoms with E-state index in [0.717, 1.165) is 6.54 Å². The van der Waals surface area contributed by atoms with Gasteiger partial charge < -0.3 is 10.2 Å². The van der Waals surface area contributed by atoms with E-state index in [2.05, 4.69) is 60.3 Å². The predicted octanol–water partition coefficient (Wildman–Crippen LogP) is 2.15. The standard InChI is InChI=1S/C18H31N3/c1-16-5-4-6-18(15-16)8-7-17(2)19-9-10-21-13-11-20(3)12-14-21/h4-6,15,17,19H,7-14H2,1-3H3. The monoisotopic (exact) mass is 289 g/mol. The summed E-state index contributed by atoms with van der Waals surface area (Å²) < 4.78 is 0. The van der Waals surface area contributed by atoms with Gasteiger partial charge in [-0.3, -0.25) is 4.90 Å². The Balaban J connectivity index is 1.58. The molecule has 1 aromatic carbocycles. The maximum absolute atomic E-state index is 3.67. The van der Waals surface area contributed by atoms with Gasteiger partial charge in [0.1, 0.15) is 0 Å².